The van der Waals surface area contributed by atoms with Crippen LogP contribution in [-0.4, -0.2) is 43.1 Å². The lowest BCUT2D eigenvalue weighted by molar-refractivity contribution is 0.252. The highest BCUT2D eigenvalue weighted by Gasteiger charge is 2.24. The summed E-state index contributed by atoms with van der Waals surface area (Å²) in [5.41, 5.74) is 5.59. The molecule has 110 valence electrons. The Kier molecular flexibility index (Phi) is 4.55. The fraction of sp³-hybridized carbons (Fsp3) is 0.500. The van der Waals surface area contributed by atoms with E-state index in [-0.39, 0.29) is 22.3 Å². The zero-order valence-electron chi connectivity index (χ0n) is 11.7. The van der Waals surface area contributed by atoms with E-state index >= 15 is 0 Å². The van der Waals surface area contributed by atoms with Crippen molar-refractivity contribution in [2.24, 2.45) is 5.73 Å². The zero-order chi connectivity index (χ0) is 14.9. The number of anilines is 1. The highest BCUT2D eigenvalue weighted by atomic mass is 32.1. The van der Waals surface area contributed by atoms with E-state index in [2.05, 4.69) is 11.9 Å². The predicted octanol–water partition coefficient (Wildman–Crippen LogP) is 2.13. The molecule has 1 aliphatic rings. The van der Waals surface area contributed by atoms with Gasteiger partial charge < -0.3 is 15.5 Å². The van der Waals surface area contributed by atoms with Crippen molar-refractivity contribution in [3.8, 4) is 0 Å². The number of hydrogen-bond acceptors (Lipinski definition) is 3. The van der Waals surface area contributed by atoms with Crippen molar-refractivity contribution in [1.82, 2.24) is 4.90 Å². The number of likely N-dealkylation sites (tertiary alicyclic amines) is 1. The van der Waals surface area contributed by atoms with E-state index < -0.39 is 11.6 Å². The molecule has 1 aliphatic heterocycles. The summed E-state index contributed by atoms with van der Waals surface area (Å²) >= 11 is 4.71. The van der Waals surface area contributed by atoms with E-state index in [1.54, 1.807) is 13.1 Å². The molecule has 0 unspecified atom stereocenters. The van der Waals surface area contributed by atoms with Gasteiger partial charge in [-0.25, -0.2) is 8.78 Å². The first-order valence-electron chi connectivity index (χ1n) is 6.61. The lowest BCUT2D eigenvalue weighted by atomic mass is 10.0. The Morgan fingerprint density at radius 3 is 2.45 bits per heavy atom. The Labute approximate surface area is 123 Å². The van der Waals surface area contributed by atoms with E-state index in [0.717, 1.165) is 25.9 Å². The summed E-state index contributed by atoms with van der Waals surface area (Å²) in [6, 6.07) is 3.21. The van der Waals surface area contributed by atoms with E-state index in [1.165, 1.54) is 6.07 Å². The topological polar surface area (TPSA) is 32.5 Å². The maximum Gasteiger partial charge on any atom is 0.182 e. The molecule has 3 nitrogen and oxygen atoms in total. The molecule has 0 amide bonds. The number of rotatable bonds is 3. The van der Waals surface area contributed by atoms with Gasteiger partial charge in [-0.15, -0.1) is 0 Å². The fourth-order valence-corrected chi connectivity index (χ4v) is 2.74. The Morgan fingerprint density at radius 2 is 1.90 bits per heavy atom. The summed E-state index contributed by atoms with van der Waals surface area (Å²) in [6.07, 6.45) is 1.87. The molecule has 1 aromatic carbocycles. The van der Waals surface area contributed by atoms with Crippen molar-refractivity contribution in [1.29, 1.82) is 0 Å². The summed E-state index contributed by atoms with van der Waals surface area (Å²) in [7, 11) is 3.86. The second kappa shape index (κ2) is 6.01. The van der Waals surface area contributed by atoms with Gasteiger partial charge in [0.05, 0.1) is 5.69 Å². The van der Waals surface area contributed by atoms with Crippen molar-refractivity contribution >= 4 is 22.9 Å². The van der Waals surface area contributed by atoms with Crippen LogP contribution in [-0.2, 0) is 0 Å². The van der Waals surface area contributed by atoms with Crippen LogP contribution in [0.4, 0.5) is 14.5 Å². The summed E-state index contributed by atoms with van der Waals surface area (Å²) in [5.74, 6) is -1.84. The largest absolute Gasteiger partial charge is 0.389 e. The summed E-state index contributed by atoms with van der Waals surface area (Å²) in [6.45, 7) is 1.92. The Hall–Kier alpha value is -1.27. The molecule has 1 heterocycles. The number of nitrogens with two attached hydrogens (primary N) is 1. The minimum absolute atomic E-state index is 0.0435. The van der Waals surface area contributed by atoms with Crippen LogP contribution in [0.5, 0.6) is 0 Å². The van der Waals surface area contributed by atoms with Crippen LogP contribution in [0.15, 0.2) is 12.1 Å². The number of benzene rings is 1. The first kappa shape index (κ1) is 15.1. The highest BCUT2D eigenvalue weighted by Crippen LogP contribution is 2.27. The van der Waals surface area contributed by atoms with Gasteiger partial charge in [-0.2, -0.15) is 0 Å². The molecule has 0 saturated carbocycles. The first-order chi connectivity index (χ1) is 9.41. The van der Waals surface area contributed by atoms with Gasteiger partial charge >= 0.3 is 0 Å². The van der Waals surface area contributed by atoms with Crippen molar-refractivity contribution in [2.45, 2.75) is 18.9 Å². The number of hydrogen-bond donors (Lipinski definition) is 1. The van der Waals surface area contributed by atoms with Gasteiger partial charge in [-0.1, -0.05) is 12.2 Å². The lowest BCUT2D eigenvalue weighted by Crippen LogP contribution is -2.42. The van der Waals surface area contributed by atoms with Crippen LogP contribution in [0.1, 0.15) is 18.4 Å². The third-order valence-corrected chi connectivity index (χ3v) is 4.16. The van der Waals surface area contributed by atoms with Gasteiger partial charge in [-0.3, -0.25) is 0 Å². The molecule has 1 aromatic rings. The molecule has 0 atom stereocenters. The maximum absolute atomic E-state index is 14.2. The second-order valence-corrected chi connectivity index (χ2v) is 5.71. The molecule has 2 rings (SSSR count). The Morgan fingerprint density at radius 1 is 1.30 bits per heavy atom. The second-order valence-electron chi connectivity index (χ2n) is 5.27. The SMILES string of the molecule is CN1CCC(N(C)c2ccc(C(N)=S)c(F)c2F)CC1. The minimum Gasteiger partial charge on any atom is -0.389 e. The summed E-state index contributed by atoms with van der Waals surface area (Å²) in [4.78, 5) is 3.92. The molecular formula is C14H19F2N3S. The number of halogens is 2. The van der Waals surface area contributed by atoms with Gasteiger partial charge in [-0.05, 0) is 45.1 Å². The molecule has 20 heavy (non-hydrogen) atoms. The van der Waals surface area contributed by atoms with Crippen LogP contribution < -0.4 is 10.6 Å². The van der Waals surface area contributed by atoms with Gasteiger partial charge in [0.15, 0.2) is 11.6 Å². The third-order valence-electron chi connectivity index (χ3n) is 3.94. The quantitative estimate of drug-likeness (QED) is 0.867. The van der Waals surface area contributed by atoms with Crippen LogP contribution in [0.25, 0.3) is 0 Å². The highest BCUT2D eigenvalue weighted by molar-refractivity contribution is 7.80. The maximum atomic E-state index is 14.2. The molecule has 0 spiro atoms. The van der Waals surface area contributed by atoms with E-state index in [0.29, 0.717) is 0 Å². The third kappa shape index (κ3) is 2.91. The zero-order valence-corrected chi connectivity index (χ0v) is 12.5. The molecule has 0 radical (unpaired) electrons. The number of thiocarbonyl (C=S) groups is 1. The van der Waals surface area contributed by atoms with Crippen molar-refractivity contribution in [3.05, 3.63) is 29.3 Å². The molecule has 0 aliphatic carbocycles. The summed E-state index contributed by atoms with van der Waals surface area (Å²) < 4.78 is 28.1. The Balaban J connectivity index is 2.24. The average molecular weight is 299 g/mol. The van der Waals surface area contributed by atoms with Crippen LogP contribution in [0, 0.1) is 11.6 Å². The standard InChI is InChI=1S/C14H19F2N3S/c1-18-7-5-9(6-8-18)19(2)11-4-3-10(14(17)20)12(15)13(11)16/h3-4,9H,5-8H2,1-2H3,(H2,17,20). The van der Waals surface area contributed by atoms with Gasteiger partial charge in [0, 0.05) is 18.7 Å². The Bertz CT molecular complexity index is 513. The van der Waals surface area contributed by atoms with Crippen LogP contribution >= 0.6 is 12.2 Å². The lowest BCUT2D eigenvalue weighted by Gasteiger charge is -2.36. The molecule has 1 fully saturated rings. The van der Waals surface area contributed by atoms with Crippen molar-refractivity contribution < 1.29 is 8.78 Å². The molecule has 2 N–H and O–H groups in total. The van der Waals surface area contributed by atoms with Gasteiger partial charge in [0.1, 0.15) is 4.99 Å². The van der Waals surface area contributed by atoms with E-state index in [4.69, 9.17) is 18.0 Å². The predicted molar refractivity (Wildman–Crippen MR) is 81.2 cm³/mol. The molecule has 1 saturated heterocycles. The normalized spacial score (nSPS) is 17.2. The first-order valence-corrected chi connectivity index (χ1v) is 7.01. The summed E-state index contributed by atoms with van der Waals surface area (Å²) in [5, 5.41) is 0. The van der Waals surface area contributed by atoms with Gasteiger partial charge in [0.25, 0.3) is 0 Å². The monoisotopic (exact) mass is 299 g/mol. The van der Waals surface area contributed by atoms with E-state index in [1.807, 2.05) is 4.90 Å². The number of nitrogens with zero attached hydrogens (tertiary/aromatic N) is 2. The molecule has 0 aromatic heterocycles. The minimum atomic E-state index is -0.963. The molecule has 6 heteroatoms. The van der Waals surface area contributed by atoms with Crippen molar-refractivity contribution in [2.75, 3.05) is 32.1 Å². The van der Waals surface area contributed by atoms with Crippen LogP contribution in [0.2, 0.25) is 0 Å². The molecule has 0 bridgehead atoms. The van der Waals surface area contributed by atoms with Crippen LogP contribution in [0.3, 0.4) is 0 Å². The number of piperidine rings is 1. The van der Waals surface area contributed by atoms with E-state index in [9.17, 15) is 8.78 Å². The smallest absolute Gasteiger partial charge is 0.182 e. The molecular weight excluding hydrogens is 280 g/mol. The van der Waals surface area contributed by atoms with Crippen molar-refractivity contribution in [3.63, 3.8) is 0 Å². The van der Waals surface area contributed by atoms with Gasteiger partial charge in [0.2, 0.25) is 0 Å². The fourth-order valence-electron chi connectivity index (χ4n) is 2.58. The average Bonchev–Trinajstić information content (AvgIpc) is 2.41.